The number of nitrogens with zero attached hydrogens (tertiary/aromatic N) is 1. The summed E-state index contributed by atoms with van der Waals surface area (Å²) in [6, 6.07) is 7.52. The number of amides is 1. The molecule has 0 radical (unpaired) electrons. The lowest BCUT2D eigenvalue weighted by Gasteiger charge is -2.24. The number of hydrogen-bond donors (Lipinski definition) is 1. The normalized spacial score (nSPS) is 11.5. The predicted molar refractivity (Wildman–Crippen MR) is 74.7 cm³/mol. The molecule has 0 heterocycles. The van der Waals surface area contributed by atoms with Gasteiger partial charge in [-0.2, -0.15) is 0 Å². The van der Waals surface area contributed by atoms with Crippen molar-refractivity contribution >= 4 is 24.0 Å². The van der Waals surface area contributed by atoms with Crippen LogP contribution in [0.2, 0.25) is 0 Å². The number of rotatable bonds is 4. The summed E-state index contributed by atoms with van der Waals surface area (Å²) in [7, 11) is 0. The van der Waals surface area contributed by atoms with Crippen molar-refractivity contribution in [2.45, 2.75) is 33.2 Å². The van der Waals surface area contributed by atoms with E-state index in [1.165, 1.54) is 5.56 Å². The monoisotopic (exact) mass is 256 g/mol. The molecule has 3 nitrogen and oxygen atoms in total. The molecule has 4 heteroatoms. The fourth-order valence-corrected chi connectivity index (χ4v) is 1.57. The van der Waals surface area contributed by atoms with E-state index in [-0.39, 0.29) is 18.3 Å². The van der Waals surface area contributed by atoms with E-state index in [1.54, 1.807) is 4.90 Å². The summed E-state index contributed by atoms with van der Waals surface area (Å²) < 4.78 is 0. The lowest BCUT2D eigenvalue weighted by atomic mass is 10.1. The van der Waals surface area contributed by atoms with Crippen molar-refractivity contribution in [3.63, 3.8) is 0 Å². The Balaban J connectivity index is 0.00000256. The second-order valence-corrected chi connectivity index (χ2v) is 3.93. The van der Waals surface area contributed by atoms with Gasteiger partial charge in [-0.05, 0) is 32.4 Å². The van der Waals surface area contributed by atoms with Crippen LogP contribution in [0, 0.1) is 6.92 Å². The molecule has 0 unspecified atom stereocenters. The average molecular weight is 257 g/mol. The van der Waals surface area contributed by atoms with Crippen molar-refractivity contribution in [2.75, 3.05) is 11.4 Å². The summed E-state index contributed by atoms with van der Waals surface area (Å²) in [5.41, 5.74) is 7.87. The Kier molecular flexibility index (Phi) is 6.85. The first kappa shape index (κ1) is 15.9. The third kappa shape index (κ3) is 4.02. The number of aryl methyl sites for hydroxylation is 1. The summed E-state index contributed by atoms with van der Waals surface area (Å²) in [4.78, 5) is 13.7. The van der Waals surface area contributed by atoms with Crippen LogP contribution in [0.1, 0.15) is 25.8 Å². The molecule has 17 heavy (non-hydrogen) atoms. The summed E-state index contributed by atoms with van der Waals surface area (Å²) in [5.74, 6) is -0.00569. The van der Waals surface area contributed by atoms with Crippen molar-refractivity contribution in [1.82, 2.24) is 0 Å². The van der Waals surface area contributed by atoms with Gasteiger partial charge in [0.25, 0.3) is 0 Å². The Morgan fingerprint density at radius 2 is 1.82 bits per heavy atom. The van der Waals surface area contributed by atoms with Gasteiger partial charge in [-0.1, -0.05) is 24.6 Å². The van der Waals surface area contributed by atoms with Crippen molar-refractivity contribution in [1.29, 1.82) is 0 Å². The van der Waals surface area contributed by atoms with E-state index in [9.17, 15) is 4.79 Å². The molecule has 0 aliphatic rings. The molecule has 1 aromatic carbocycles. The number of halogens is 1. The van der Waals surface area contributed by atoms with Gasteiger partial charge in [-0.15, -0.1) is 12.4 Å². The Bertz CT molecular complexity index is 351. The summed E-state index contributed by atoms with van der Waals surface area (Å²) in [5, 5.41) is 0. The first-order valence-electron chi connectivity index (χ1n) is 5.73. The van der Waals surface area contributed by atoms with Gasteiger partial charge in [0.2, 0.25) is 5.91 Å². The van der Waals surface area contributed by atoms with Crippen LogP contribution in [0.4, 0.5) is 5.69 Å². The quantitative estimate of drug-likeness (QED) is 0.900. The first-order chi connectivity index (χ1) is 7.60. The van der Waals surface area contributed by atoms with Gasteiger partial charge in [0, 0.05) is 12.2 Å². The molecule has 0 aliphatic heterocycles. The smallest absolute Gasteiger partial charge is 0.243 e. The Morgan fingerprint density at radius 3 is 2.24 bits per heavy atom. The predicted octanol–water partition coefficient (Wildman–Crippen LogP) is 2.51. The zero-order valence-corrected chi connectivity index (χ0v) is 11.5. The fourth-order valence-electron chi connectivity index (χ4n) is 1.57. The van der Waals surface area contributed by atoms with Gasteiger partial charge in [-0.25, -0.2) is 0 Å². The Hall–Kier alpha value is -1.06. The number of likely N-dealkylation sites (N-methyl/N-ethyl adjacent to an activating group) is 1. The molecule has 0 saturated carbocycles. The van der Waals surface area contributed by atoms with Gasteiger partial charge in [0.15, 0.2) is 0 Å². The lowest BCUT2D eigenvalue weighted by Crippen LogP contribution is -2.43. The lowest BCUT2D eigenvalue weighted by molar-refractivity contribution is -0.119. The molecule has 96 valence electrons. The van der Waals surface area contributed by atoms with Crippen LogP contribution in [-0.4, -0.2) is 18.5 Å². The number of hydrogen-bond acceptors (Lipinski definition) is 2. The molecular formula is C13H21ClN2O. The van der Waals surface area contributed by atoms with Crippen LogP contribution >= 0.6 is 12.4 Å². The van der Waals surface area contributed by atoms with E-state index in [2.05, 4.69) is 0 Å². The number of anilines is 1. The van der Waals surface area contributed by atoms with E-state index in [1.807, 2.05) is 45.0 Å². The van der Waals surface area contributed by atoms with Crippen LogP contribution in [0.3, 0.4) is 0 Å². The van der Waals surface area contributed by atoms with Crippen molar-refractivity contribution in [3.8, 4) is 0 Å². The number of carbonyl (C=O) groups is 1. The molecule has 0 spiro atoms. The van der Waals surface area contributed by atoms with E-state index < -0.39 is 6.04 Å². The molecule has 1 atom stereocenters. The van der Waals surface area contributed by atoms with E-state index in [0.29, 0.717) is 13.0 Å². The van der Waals surface area contributed by atoms with E-state index in [4.69, 9.17) is 5.73 Å². The maximum atomic E-state index is 12.0. The molecule has 0 aromatic heterocycles. The van der Waals surface area contributed by atoms with Crippen molar-refractivity contribution in [3.05, 3.63) is 29.8 Å². The van der Waals surface area contributed by atoms with E-state index in [0.717, 1.165) is 5.69 Å². The van der Waals surface area contributed by atoms with Gasteiger partial charge in [0.1, 0.15) is 0 Å². The molecule has 0 fully saturated rings. The maximum Gasteiger partial charge on any atom is 0.243 e. The minimum Gasteiger partial charge on any atom is -0.320 e. The molecule has 1 aromatic rings. The highest BCUT2D eigenvalue weighted by molar-refractivity contribution is 5.96. The molecule has 1 amide bonds. The fraction of sp³-hybridized carbons (Fsp3) is 0.462. The zero-order valence-electron chi connectivity index (χ0n) is 10.6. The highest BCUT2D eigenvalue weighted by Gasteiger charge is 2.19. The van der Waals surface area contributed by atoms with Crippen molar-refractivity contribution in [2.24, 2.45) is 5.73 Å². The molecular weight excluding hydrogens is 236 g/mol. The van der Waals surface area contributed by atoms with Gasteiger partial charge < -0.3 is 10.6 Å². The second-order valence-electron chi connectivity index (χ2n) is 3.93. The molecule has 0 bridgehead atoms. The molecule has 1 rings (SSSR count). The highest BCUT2D eigenvalue weighted by Crippen LogP contribution is 2.16. The van der Waals surface area contributed by atoms with Gasteiger partial charge >= 0.3 is 0 Å². The minimum absolute atomic E-state index is 0. The Morgan fingerprint density at radius 1 is 1.29 bits per heavy atom. The third-order valence-corrected chi connectivity index (χ3v) is 2.68. The molecule has 0 saturated heterocycles. The largest absolute Gasteiger partial charge is 0.320 e. The SMILES string of the molecule is CC[C@H](N)C(=O)N(CC)c1ccc(C)cc1.Cl. The van der Waals surface area contributed by atoms with Crippen LogP contribution < -0.4 is 10.6 Å². The van der Waals surface area contributed by atoms with E-state index >= 15 is 0 Å². The summed E-state index contributed by atoms with van der Waals surface area (Å²) >= 11 is 0. The zero-order chi connectivity index (χ0) is 12.1. The molecule has 2 N–H and O–H groups in total. The Labute approximate surface area is 109 Å². The van der Waals surface area contributed by atoms with Crippen molar-refractivity contribution < 1.29 is 4.79 Å². The molecule has 0 aliphatic carbocycles. The topological polar surface area (TPSA) is 46.3 Å². The summed E-state index contributed by atoms with van der Waals surface area (Å²) in [6.45, 7) is 6.56. The van der Waals surface area contributed by atoms with Crippen LogP contribution in [0.25, 0.3) is 0 Å². The van der Waals surface area contributed by atoms with Crippen LogP contribution in [0.5, 0.6) is 0 Å². The number of carbonyl (C=O) groups excluding carboxylic acids is 1. The number of benzene rings is 1. The summed E-state index contributed by atoms with van der Waals surface area (Å²) in [6.07, 6.45) is 0.668. The van der Waals surface area contributed by atoms with Crippen LogP contribution in [-0.2, 0) is 4.79 Å². The minimum atomic E-state index is -0.402. The highest BCUT2D eigenvalue weighted by atomic mass is 35.5. The average Bonchev–Trinajstić information content (AvgIpc) is 2.31. The standard InChI is InChI=1S/C13H20N2O.ClH/c1-4-12(14)13(16)15(5-2)11-8-6-10(3)7-9-11;/h6-9,12H,4-5,14H2,1-3H3;1H/t12-;/m0./s1. The second kappa shape index (κ2) is 7.30. The van der Waals surface area contributed by atoms with Gasteiger partial charge in [-0.3, -0.25) is 4.79 Å². The van der Waals surface area contributed by atoms with Gasteiger partial charge in [0.05, 0.1) is 6.04 Å². The first-order valence-corrected chi connectivity index (χ1v) is 5.73. The number of nitrogens with two attached hydrogens (primary N) is 1. The maximum absolute atomic E-state index is 12.0. The van der Waals surface area contributed by atoms with Crippen LogP contribution in [0.15, 0.2) is 24.3 Å². The third-order valence-electron chi connectivity index (χ3n) is 2.68.